The molecule has 0 bridgehead atoms. The zero-order valence-electron chi connectivity index (χ0n) is 9.67. The summed E-state index contributed by atoms with van der Waals surface area (Å²) in [6.45, 7) is 2.47. The van der Waals surface area contributed by atoms with E-state index in [0.29, 0.717) is 13.0 Å². The van der Waals surface area contributed by atoms with Crippen LogP contribution in [-0.4, -0.2) is 28.6 Å². The van der Waals surface area contributed by atoms with Crippen LogP contribution in [0.3, 0.4) is 0 Å². The number of alkyl halides is 1. The van der Waals surface area contributed by atoms with Gasteiger partial charge in [-0.2, -0.15) is 0 Å². The van der Waals surface area contributed by atoms with E-state index >= 15 is 0 Å². The maximum Gasteiger partial charge on any atom is 0.232 e. The van der Waals surface area contributed by atoms with Crippen LogP contribution in [0.25, 0.3) is 0 Å². The maximum absolute atomic E-state index is 11.9. The molecule has 16 heavy (non-hydrogen) atoms. The van der Waals surface area contributed by atoms with E-state index in [4.69, 9.17) is 0 Å². The van der Waals surface area contributed by atoms with Gasteiger partial charge in [0.1, 0.15) is 0 Å². The second-order valence-electron chi connectivity index (χ2n) is 5.26. The first-order valence-electron chi connectivity index (χ1n) is 5.98. The van der Waals surface area contributed by atoms with Crippen LogP contribution in [0.2, 0.25) is 0 Å². The monoisotopic (exact) mass is 287 g/mol. The summed E-state index contributed by atoms with van der Waals surface area (Å²) in [4.78, 5) is 25.1. The van der Waals surface area contributed by atoms with Crippen molar-refractivity contribution >= 4 is 27.7 Å². The molecule has 0 spiro atoms. The Bertz CT molecular complexity index is 310. The molecule has 1 atom stereocenters. The highest BCUT2D eigenvalue weighted by Crippen LogP contribution is 2.41. The molecule has 1 saturated heterocycles. The third-order valence-electron chi connectivity index (χ3n) is 3.91. The Labute approximate surface area is 105 Å². The van der Waals surface area contributed by atoms with E-state index in [1.165, 1.54) is 17.7 Å². The molecule has 3 nitrogen and oxygen atoms in total. The summed E-state index contributed by atoms with van der Waals surface area (Å²) in [5, 5.41) is 0.894. The third-order valence-corrected chi connectivity index (χ3v) is 5.10. The van der Waals surface area contributed by atoms with Crippen LogP contribution in [0.4, 0.5) is 0 Å². The standard InChI is InChI=1S/C12H18BrNO2/c1-9-6-10(15)14(11(9)16)8-12(7-13)4-2-3-5-12/h9H,2-8H2,1H3. The minimum Gasteiger partial charge on any atom is -0.282 e. The minimum absolute atomic E-state index is 0.0183. The Morgan fingerprint density at radius 3 is 2.44 bits per heavy atom. The van der Waals surface area contributed by atoms with E-state index in [1.54, 1.807) is 0 Å². The van der Waals surface area contributed by atoms with Gasteiger partial charge in [0.2, 0.25) is 11.8 Å². The van der Waals surface area contributed by atoms with Crippen LogP contribution >= 0.6 is 15.9 Å². The zero-order valence-corrected chi connectivity index (χ0v) is 11.3. The molecule has 2 rings (SSSR count). The van der Waals surface area contributed by atoms with Crippen molar-refractivity contribution in [2.45, 2.75) is 39.0 Å². The molecule has 2 aliphatic rings. The second-order valence-corrected chi connectivity index (χ2v) is 5.82. The number of amides is 2. The summed E-state index contributed by atoms with van der Waals surface area (Å²) in [6, 6.07) is 0. The summed E-state index contributed by atoms with van der Waals surface area (Å²) in [6.07, 6.45) is 5.10. The molecule has 0 aromatic rings. The van der Waals surface area contributed by atoms with E-state index in [2.05, 4.69) is 15.9 Å². The summed E-state index contributed by atoms with van der Waals surface area (Å²) < 4.78 is 0. The van der Waals surface area contributed by atoms with Crippen molar-refractivity contribution in [1.29, 1.82) is 0 Å². The van der Waals surface area contributed by atoms with Crippen molar-refractivity contribution in [3.05, 3.63) is 0 Å². The topological polar surface area (TPSA) is 37.4 Å². The van der Waals surface area contributed by atoms with Gasteiger partial charge < -0.3 is 0 Å². The smallest absolute Gasteiger partial charge is 0.232 e. The summed E-state index contributed by atoms with van der Waals surface area (Å²) in [7, 11) is 0. The quantitative estimate of drug-likeness (QED) is 0.590. The van der Waals surface area contributed by atoms with Gasteiger partial charge in [-0.15, -0.1) is 0 Å². The first-order chi connectivity index (χ1) is 7.58. The van der Waals surface area contributed by atoms with Gasteiger partial charge in [-0.05, 0) is 18.3 Å². The van der Waals surface area contributed by atoms with E-state index in [1.807, 2.05) is 6.92 Å². The molecular formula is C12H18BrNO2. The minimum atomic E-state index is -0.110. The van der Waals surface area contributed by atoms with Crippen LogP contribution in [-0.2, 0) is 9.59 Å². The lowest BCUT2D eigenvalue weighted by molar-refractivity contribution is -0.140. The van der Waals surface area contributed by atoms with Crippen molar-refractivity contribution < 1.29 is 9.59 Å². The number of hydrogen-bond acceptors (Lipinski definition) is 2. The molecule has 2 fully saturated rings. The summed E-state index contributed by atoms with van der Waals surface area (Å²) in [5.41, 5.74) is 0.148. The lowest BCUT2D eigenvalue weighted by Crippen LogP contribution is -2.41. The first-order valence-corrected chi connectivity index (χ1v) is 7.10. The van der Waals surface area contributed by atoms with Crippen LogP contribution in [0.5, 0.6) is 0 Å². The zero-order chi connectivity index (χ0) is 11.8. The molecule has 1 aliphatic heterocycles. The summed E-state index contributed by atoms with van der Waals surface area (Å²) in [5.74, 6) is -0.0665. The predicted octanol–water partition coefficient (Wildman–Crippen LogP) is 2.34. The van der Waals surface area contributed by atoms with Gasteiger partial charge in [-0.3, -0.25) is 14.5 Å². The fourth-order valence-corrected chi connectivity index (χ4v) is 3.55. The average Bonchev–Trinajstić information content (AvgIpc) is 2.81. The first kappa shape index (κ1) is 12.1. The molecule has 2 amide bonds. The van der Waals surface area contributed by atoms with Crippen molar-refractivity contribution in [2.75, 3.05) is 11.9 Å². The van der Waals surface area contributed by atoms with Crippen molar-refractivity contribution in [3.8, 4) is 0 Å². The SMILES string of the molecule is CC1CC(=O)N(CC2(CBr)CCCC2)C1=O. The highest BCUT2D eigenvalue weighted by Gasteiger charge is 2.42. The number of carbonyl (C=O) groups excluding carboxylic acids is 2. The van der Waals surface area contributed by atoms with Gasteiger partial charge in [0.15, 0.2) is 0 Å². The van der Waals surface area contributed by atoms with E-state index in [9.17, 15) is 9.59 Å². The molecule has 90 valence electrons. The van der Waals surface area contributed by atoms with Crippen LogP contribution in [0, 0.1) is 11.3 Å². The molecule has 1 unspecified atom stereocenters. The molecule has 0 aromatic carbocycles. The van der Waals surface area contributed by atoms with Gasteiger partial charge in [-0.25, -0.2) is 0 Å². The number of halogens is 1. The molecule has 1 aliphatic carbocycles. The summed E-state index contributed by atoms with van der Waals surface area (Å²) >= 11 is 3.55. The maximum atomic E-state index is 11.9. The lowest BCUT2D eigenvalue weighted by Gasteiger charge is -2.30. The molecule has 1 saturated carbocycles. The van der Waals surface area contributed by atoms with Crippen molar-refractivity contribution in [1.82, 2.24) is 4.90 Å². The average molecular weight is 288 g/mol. The highest BCUT2D eigenvalue weighted by molar-refractivity contribution is 9.09. The Morgan fingerprint density at radius 2 is 2.00 bits per heavy atom. The number of nitrogens with zero attached hydrogens (tertiary/aromatic N) is 1. The van der Waals surface area contributed by atoms with Crippen molar-refractivity contribution in [3.63, 3.8) is 0 Å². The molecule has 4 heteroatoms. The van der Waals surface area contributed by atoms with E-state index < -0.39 is 0 Å². The van der Waals surface area contributed by atoms with E-state index in [0.717, 1.165) is 18.2 Å². The Balaban J connectivity index is 2.08. The van der Waals surface area contributed by atoms with Crippen LogP contribution in [0.1, 0.15) is 39.0 Å². The Hall–Kier alpha value is -0.380. The molecule has 1 heterocycles. The fourth-order valence-electron chi connectivity index (χ4n) is 2.81. The second kappa shape index (κ2) is 4.47. The van der Waals surface area contributed by atoms with Gasteiger partial charge >= 0.3 is 0 Å². The number of likely N-dealkylation sites (tertiary alicyclic amines) is 1. The van der Waals surface area contributed by atoms with Gasteiger partial charge in [0, 0.05) is 24.2 Å². The normalized spacial score (nSPS) is 29.1. The Morgan fingerprint density at radius 1 is 1.38 bits per heavy atom. The third kappa shape index (κ3) is 2.04. The molecule has 0 aromatic heterocycles. The number of hydrogen-bond donors (Lipinski definition) is 0. The molecular weight excluding hydrogens is 270 g/mol. The van der Waals surface area contributed by atoms with Gasteiger partial charge in [0.05, 0.1) is 0 Å². The van der Waals surface area contributed by atoms with Gasteiger partial charge in [0.25, 0.3) is 0 Å². The molecule has 0 N–H and O–H groups in total. The number of rotatable bonds is 3. The Kier molecular flexibility index (Phi) is 3.38. The predicted molar refractivity (Wildman–Crippen MR) is 65.2 cm³/mol. The number of carbonyl (C=O) groups is 2. The number of imide groups is 1. The van der Waals surface area contributed by atoms with Crippen LogP contribution < -0.4 is 0 Å². The van der Waals surface area contributed by atoms with E-state index in [-0.39, 0.29) is 23.1 Å². The fraction of sp³-hybridized carbons (Fsp3) is 0.833. The largest absolute Gasteiger partial charge is 0.282 e. The molecule has 0 radical (unpaired) electrons. The van der Waals surface area contributed by atoms with Gasteiger partial charge in [-0.1, -0.05) is 35.7 Å². The highest BCUT2D eigenvalue weighted by atomic mass is 79.9. The van der Waals surface area contributed by atoms with Crippen LogP contribution in [0.15, 0.2) is 0 Å². The van der Waals surface area contributed by atoms with Crippen molar-refractivity contribution in [2.24, 2.45) is 11.3 Å². The lowest BCUT2D eigenvalue weighted by atomic mass is 9.88.